The lowest BCUT2D eigenvalue weighted by Crippen LogP contribution is -2.11. The van der Waals surface area contributed by atoms with E-state index in [0.717, 1.165) is 24.1 Å². The van der Waals surface area contributed by atoms with Gasteiger partial charge in [-0.3, -0.25) is 0 Å². The van der Waals surface area contributed by atoms with Gasteiger partial charge in [-0.15, -0.1) is 0 Å². The molecular formula is C12H19F2N3O. The van der Waals surface area contributed by atoms with E-state index >= 15 is 0 Å². The summed E-state index contributed by atoms with van der Waals surface area (Å²) in [6.45, 7) is 2.14. The molecule has 0 atom stereocenters. The first-order valence-electron chi connectivity index (χ1n) is 6.07. The molecule has 0 aliphatic carbocycles. The van der Waals surface area contributed by atoms with E-state index < -0.39 is 13.0 Å². The van der Waals surface area contributed by atoms with Crippen molar-refractivity contribution in [2.75, 3.05) is 13.2 Å². The summed E-state index contributed by atoms with van der Waals surface area (Å²) in [6.07, 6.45) is 1.54. The van der Waals surface area contributed by atoms with E-state index in [1.165, 1.54) is 0 Å². The molecule has 4 nitrogen and oxygen atoms in total. The third-order valence-corrected chi connectivity index (χ3v) is 2.42. The van der Waals surface area contributed by atoms with E-state index in [4.69, 9.17) is 10.5 Å². The summed E-state index contributed by atoms with van der Waals surface area (Å²) in [4.78, 5) is 8.54. The Labute approximate surface area is 106 Å². The Morgan fingerprint density at radius 3 is 2.78 bits per heavy atom. The molecule has 1 aromatic rings. The highest BCUT2D eigenvalue weighted by molar-refractivity contribution is 5.17. The summed E-state index contributed by atoms with van der Waals surface area (Å²) < 4.78 is 28.5. The molecule has 0 aliphatic rings. The van der Waals surface area contributed by atoms with E-state index in [0.29, 0.717) is 18.8 Å². The molecule has 18 heavy (non-hydrogen) atoms. The number of aryl methyl sites for hydroxylation is 1. The maximum atomic E-state index is 11.9. The summed E-state index contributed by atoms with van der Waals surface area (Å²) in [5.74, 6) is 0.616. The van der Waals surface area contributed by atoms with Gasteiger partial charge in [-0.1, -0.05) is 13.3 Å². The molecule has 102 valence electrons. The Bertz CT molecular complexity index is 361. The SMILES string of the molecule is CCCc1nc(CCOCC(F)F)ncc1CN. The molecular weight excluding hydrogens is 240 g/mol. The van der Waals surface area contributed by atoms with Crippen LogP contribution < -0.4 is 5.73 Å². The smallest absolute Gasteiger partial charge is 0.261 e. The Kier molecular flexibility index (Phi) is 6.67. The Balaban J connectivity index is 2.53. The number of alkyl halides is 2. The molecule has 0 saturated carbocycles. The fourth-order valence-electron chi connectivity index (χ4n) is 1.56. The molecule has 0 fully saturated rings. The van der Waals surface area contributed by atoms with Gasteiger partial charge in [-0.2, -0.15) is 0 Å². The number of ether oxygens (including phenoxy) is 1. The zero-order valence-corrected chi connectivity index (χ0v) is 10.5. The standard InChI is InChI=1S/C12H19F2N3O/c1-2-3-10-9(6-15)7-16-12(17-10)4-5-18-8-11(13)14/h7,11H,2-6,8,15H2,1H3. The quantitative estimate of drug-likeness (QED) is 0.722. The van der Waals surface area contributed by atoms with Crippen molar-refractivity contribution in [2.24, 2.45) is 5.73 Å². The number of rotatable bonds is 8. The van der Waals surface area contributed by atoms with E-state index in [9.17, 15) is 8.78 Å². The van der Waals surface area contributed by atoms with Crippen LogP contribution in [0.4, 0.5) is 8.78 Å². The summed E-state index contributed by atoms with van der Waals surface area (Å²) in [5.41, 5.74) is 7.48. The number of aromatic nitrogens is 2. The second kappa shape index (κ2) is 8.05. The second-order valence-electron chi connectivity index (χ2n) is 3.93. The Morgan fingerprint density at radius 1 is 1.39 bits per heavy atom. The average molecular weight is 259 g/mol. The lowest BCUT2D eigenvalue weighted by atomic mass is 10.1. The Morgan fingerprint density at radius 2 is 2.17 bits per heavy atom. The zero-order chi connectivity index (χ0) is 13.4. The van der Waals surface area contributed by atoms with Crippen molar-refractivity contribution in [3.05, 3.63) is 23.3 Å². The van der Waals surface area contributed by atoms with Crippen LogP contribution in [0.1, 0.15) is 30.4 Å². The van der Waals surface area contributed by atoms with Crippen molar-refractivity contribution in [3.8, 4) is 0 Å². The van der Waals surface area contributed by atoms with E-state index in [2.05, 4.69) is 16.9 Å². The van der Waals surface area contributed by atoms with Crippen LogP contribution in [-0.4, -0.2) is 29.6 Å². The largest absolute Gasteiger partial charge is 0.375 e. The molecule has 0 spiro atoms. The minimum absolute atomic E-state index is 0.206. The minimum Gasteiger partial charge on any atom is -0.375 e. The normalized spacial score (nSPS) is 11.2. The van der Waals surface area contributed by atoms with Crippen molar-refractivity contribution in [2.45, 2.75) is 39.2 Å². The summed E-state index contributed by atoms with van der Waals surface area (Å²) in [7, 11) is 0. The van der Waals surface area contributed by atoms with Crippen LogP contribution in [0.2, 0.25) is 0 Å². The predicted octanol–water partition coefficient (Wildman–Crippen LogP) is 1.71. The molecule has 1 rings (SSSR count). The van der Waals surface area contributed by atoms with Gasteiger partial charge in [-0.25, -0.2) is 18.7 Å². The third kappa shape index (κ3) is 5.01. The molecule has 0 aliphatic heterocycles. The van der Waals surface area contributed by atoms with Crippen LogP contribution in [0, 0.1) is 0 Å². The van der Waals surface area contributed by atoms with Crippen molar-refractivity contribution < 1.29 is 13.5 Å². The van der Waals surface area contributed by atoms with Crippen molar-refractivity contribution >= 4 is 0 Å². The molecule has 6 heteroatoms. The number of nitrogens with zero attached hydrogens (tertiary/aromatic N) is 2. The first-order chi connectivity index (χ1) is 8.67. The molecule has 1 aromatic heterocycles. The van der Waals surface area contributed by atoms with Gasteiger partial charge >= 0.3 is 0 Å². The topological polar surface area (TPSA) is 61.0 Å². The van der Waals surface area contributed by atoms with Gasteiger partial charge in [0.15, 0.2) is 0 Å². The summed E-state index contributed by atoms with van der Waals surface area (Å²) >= 11 is 0. The maximum Gasteiger partial charge on any atom is 0.261 e. The van der Waals surface area contributed by atoms with Crippen LogP contribution in [0.5, 0.6) is 0 Å². The van der Waals surface area contributed by atoms with Crippen LogP contribution in [0.15, 0.2) is 6.20 Å². The van der Waals surface area contributed by atoms with Crippen molar-refractivity contribution in [3.63, 3.8) is 0 Å². The predicted molar refractivity (Wildman–Crippen MR) is 64.4 cm³/mol. The van der Waals surface area contributed by atoms with Gasteiger partial charge in [0.05, 0.1) is 6.61 Å². The van der Waals surface area contributed by atoms with Gasteiger partial charge in [0.2, 0.25) is 0 Å². The lowest BCUT2D eigenvalue weighted by molar-refractivity contribution is 0.0182. The molecule has 0 radical (unpaired) electrons. The fraction of sp³-hybridized carbons (Fsp3) is 0.667. The highest BCUT2D eigenvalue weighted by Crippen LogP contribution is 2.08. The highest BCUT2D eigenvalue weighted by Gasteiger charge is 2.06. The second-order valence-corrected chi connectivity index (χ2v) is 3.93. The number of hydrogen-bond acceptors (Lipinski definition) is 4. The monoisotopic (exact) mass is 259 g/mol. The van der Waals surface area contributed by atoms with Crippen LogP contribution in [-0.2, 0) is 24.1 Å². The zero-order valence-electron chi connectivity index (χ0n) is 10.5. The summed E-state index contributed by atoms with van der Waals surface area (Å²) in [5, 5.41) is 0. The first kappa shape index (κ1) is 14.9. The molecule has 0 amide bonds. The average Bonchev–Trinajstić information content (AvgIpc) is 2.35. The minimum atomic E-state index is -2.43. The molecule has 0 saturated heterocycles. The maximum absolute atomic E-state index is 11.9. The van der Waals surface area contributed by atoms with E-state index in [1.807, 2.05) is 0 Å². The third-order valence-electron chi connectivity index (χ3n) is 2.42. The number of hydrogen-bond donors (Lipinski definition) is 1. The van der Waals surface area contributed by atoms with Gasteiger partial charge in [0.1, 0.15) is 12.4 Å². The van der Waals surface area contributed by atoms with E-state index in [-0.39, 0.29) is 6.61 Å². The molecule has 0 bridgehead atoms. The van der Waals surface area contributed by atoms with Gasteiger partial charge in [0.25, 0.3) is 6.43 Å². The lowest BCUT2D eigenvalue weighted by Gasteiger charge is -2.08. The molecule has 1 heterocycles. The molecule has 0 aromatic carbocycles. The van der Waals surface area contributed by atoms with Gasteiger partial charge < -0.3 is 10.5 Å². The highest BCUT2D eigenvalue weighted by atomic mass is 19.3. The number of nitrogens with two attached hydrogens (primary N) is 1. The van der Waals surface area contributed by atoms with Crippen LogP contribution in [0.3, 0.4) is 0 Å². The fourth-order valence-corrected chi connectivity index (χ4v) is 1.56. The van der Waals surface area contributed by atoms with Crippen LogP contribution in [0.25, 0.3) is 0 Å². The molecule has 0 unspecified atom stereocenters. The Hall–Kier alpha value is -1.14. The van der Waals surface area contributed by atoms with E-state index in [1.54, 1.807) is 6.20 Å². The van der Waals surface area contributed by atoms with Crippen molar-refractivity contribution in [1.29, 1.82) is 0 Å². The van der Waals surface area contributed by atoms with Crippen molar-refractivity contribution in [1.82, 2.24) is 9.97 Å². The van der Waals surface area contributed by atoms with Gasteiger partial charge in [-0.05, 0) is 6.42 Å². The first-order valence-corrected chi connectivity index (χ1v) is 6.07. The summed E-state index contributed by atoms with van der Waals surface area (Å²) in [6, 6.07) is 0. The number of halogens is 2. The van der Waals surface area contributed by atoms with Gasteiger partial charge in [0, 0.05) is 30.4 Å². The molecule has 2 N–H and O–H groups in total. The van der Waals surface area contributed by atoms with Crippen LogP contribution >= 0.6 is 0 Å².